The quantitative estimate of drug-likeness (QED) is 0.664. The molecule has 0 aromatic heterocycles. The third kappa shape index (κ3) is 3.39. The molecule has 1 aromatic rings. The van der Waals surface area contributed by atoms with Crippen molar-refractivity contribution in [2.75, 3.05) is 13.1 Å². The Labute approximate surface area is 136 Å². The zero-order chi connectivity index (χ0) is 16.2. The maximum atomic E-state index is 12.9. The highest BCUT2D eigenvalue weighted by atomic mass is 16.5. The Bertz CT molecular complexity index is 561. The lowest BCUT2D eigenvalue weighted by molar-refractivity contribution is -0.146. The predicted octanol–water partition coefficient (Wildman–Crippen LogP) is 2.31. The Hall–Kier alpha value is -1.88. The van der Waals surface area contributed by atoms with E-state index in [9.17, 15) is 9.59 Å². The van der Waals surface area contributed by atoms with Gasteiger partial charge < -0.3 is 4.90 Å². The Morgan fingerprint density at radius 2 is 1.74 bits per heavy atom. The number of rotatable bonds is 3. The highest BCUT2D eigenvalue weighted by Gasteiger charge is 2.39. The number of hydrogen-bond donors (Lipinski definition) is 2. The summed E-state index contributed by atoms with van der Waals surface area (Å²) >= 11 is 0. The van der Waals surface area contributed by atoms with E-state index in [2.05, 4.69) is 12.1 Å². The van der Waals surface area contributed by atoms with Crippen LogP contribution in [0.5, 0.6) is 0 Å². The van der Waals surface area contributed by atoms with Gasteiger partial charge in [-0.15, -0.1) is 0 Å². The van der Waals surface area contributed by atoms with Crippen LogP contribution in [0.1, 0.15) is 43.6 Å². The molecule has 1 aliphatic heterocycles. The first kappa shape index (κ1) is 16.0. The second kappa shape index (κ2) is 7.13. The SMILES string of the molecule is O=C(NO)[C@H]1CCCC[C@@H]1C(=O)N1CC[C@H](c2ccccc2)C1. The zero-order valence-corrected chi connectivity index (χ0v) is 13.3. The molecular weight excluding hydrogens is 292 g/mol. The van der Waals surface area contributed by atoms with Crippen molar-refractivity contribution in [3.63, 3.8) is 0 Å². The van der Waals surface area contributed by atoms with Crippen molar-refractivity contribution in [3.05, 3.63) is 35.9 Å². The van der Waals surface area contributed by atoms with Gasteiger partial charge >= 0.3 is 0 Å². The number of nitrogens with one attached hydrogen (secondary N) is 1. The second-order valence-corrected chi connectivity index (χ2v) is 6.65. The summed E-state index contributed by atoms with van der Waals surface area (Å²) in [6.07, 6.45) is 4.30. The predicted molar refractivity (Wildman–Crippen MR) is 85.8 cm³/mol. The number of hydrogen-bond acceptors (Lipinski definition) is 3. The fourth-order valence-corrected chi connectivity index (χ4v) is 4.02. The molecule has 0 unspecified atom stereocenters. The van der Waals surface area contributed by atoms with Gasteiger partial charge in [0.15, 0.2) is 0 Å². The van der Waals surface area contributed by atoms with Gasteiger partial charge in [0.2, 0.25) is 11.8 Å². The molecule has 2 amide bonds. The molecule has 2 N–H and O–H groups in total. The number of amides is 2. The molecule has 3 rings (SSSR count). The maximum Gasteiger partial charge on any atom is 0.247 e. The standard InChI is InChI=1S/C18H24N2O3/c21-17(19-23)15-8-4-5-9-16(15)18(22)20-11-10-14(12-20)13-6-2-1-3-7-13/h1-3,6-7,14-16,23H,4-5,8-12H2,(H,19,21)/t14-,15-,16-/m0/s1. The summed E-state index contributed by atoms with van der Waals surface area (Å²) in [7, 11) is 0. The summed E-state index contributed by atoms with van der Waals surface area (Å²) < 4.78 is 0. The molecule has 0 bridgehead atoms. The van der Waals surface area contributed by atoms with Crippen molar-refractivity contribution >= 4 is 11.8 Å². The first-order valence-corrected chi connectivity index (χ1v) is 8.48. The van der Waals surface area contributed by atoms with E-state index in [-0.39, 0.29) is 11.8 Å². The molecule has 0 spiro atoms. The topological polar surface area (TPSA) is 69.6 Å². The van der Waals surface area contributed by atoms with E-state index in [1.54, 1.807) is 5.48 Å². The number of benzene rings is 1. The van der Waals surface area contributed by atoms with Crippen LogP contribution in [0.3, 0.4) is 0 Å². The van der Waals surface area contributed by atoms with Crippen LogP contribution in [0.4, 0.5) is 0 Å². The average molecular weight is 316 g/mol. The third-order valence-electron chi connectivity index (χ3n) is 5.30. The molecular formula is C18H24N2O3. The number of carbonyl (C=O) groups excluding carboxylic acids is 2. The fourth-order valence-electron chi connectivity index (χ4n) is 4.02. The summed E-state index contributed by atoms with van der Waals surface area (Å²) in [4.78, 5) is 26.6. The van der Waals surface area contributed by atoms with Crippen LogP contribution < -0.4 is 5.48 Å². The van der Waals surface area contributed by atoms with Crippen molar-refractivity contribution in [1.29, 1.82) is 0 Å². The van der Waals surface area contributed by atoms with Gasteiger partial charge in [-0.25, -0.2) is 5.48 Å². The fraction of sp³-hybridized carbons (Fsp3) is 0.556. The van der Waals surface area contributed by atoms with Gasteiger partial charge in [0.1, 0.15) is 0 Å². The minimum atomic E-state index is -0.415. The molecule has 1 aromatic carbocycles. The van der Waals surface area contributed by atoms with Crippen LogP contribution in [0, 0.1) is 11.8 Å². The summed E-state index contributed by atoms with van der Waals surface area (Å²) in [6, 6.07) is 10.3. The van der Waals surface area contributed by atoms with Crippen molar-refractivity contribution < 1.29 is 14.8 Å². The summed E-state index contributed by atoms with van der Waals surface area (Å²) in [5.41, 5.74) is 3.01. The molecule has 1 heterocycles. The van der Waals surface area contributed by atoms with Gasteiger partial charge in [0.25, 0.3) is 0 Å². The van der Waals surface area contributed by atoms with E-state index < -0.39 is 11.8 Å². The van der Waals surface area contributed by atoms with Crippen LogP contribution in [0.2, 0.25) is 0 Å². The van der Waals surface area contributed by atoms with Gasteiger partial charge in [-0.2, -0.15) is 0 Å². The Morgan fingerprint density at radius 1 is 1.04 bits per heavy atom. The van der Waals surface area contributed by atoms with E-state index in [1.165, 1.54) is 5.56 Å². The van der Waals surface area contributed by atoms with E-state index >= 15 is 0 Å². The normalized spacial score (nSPS) is 27.7. The first-order chi connectivity index (χ1) is 11.2. The van der Waals surface area contributed by atoms with Gasteiger partial charge in [-0.3, -0.25) is 14.8 Å². The smallest absolute Gasteiger partial charge is 0.247 e. The monoisotopic (exact) mass is 316 g/mol. The highest BCUT2D eigenvalue weighted by molar-refractivity contribution is 5.87. The van der Waals surface area contributed by atoms with Gasteiger partial charge in [-0.05, 0) is 24.8 Å². The van der Waals surface area contributed by atoms with E-state index in [0.717, 1.165) is 38.8 Å². The van der Waals surface area contributed by atoms with Crippen molar-refractivity contribution in [2.24, 2.45) is 11.8 Å². The minimum Gasteiger partial charge on any atom is -0.342 e. The van der Waals surface area contributed by atoms with E-state index in [4.69, 9.17) is 5.21 Å². The number of carbonyl (C=O) groups is 2. The molecule has 1 saturated heterocycles. The molecule has 124 valence electrons. The molecule has 3 atom stereocenters. The van der Waals surface area contributed by atoms with Gasteiger partial charge in [-0.1, -0.05) is 43.2 Å². The molecule has 23 heavy (non-hydrogen) atoms. The summed E-state index contributed by atoms with van der Waals surface area (Å²) in [6.45, 7) is 1.48. The Morgan fingerprint density at radius 3 is 2.43 bits per heavy atom. The lowest BCUT2D eigenvalue weighted by Gasteiger charge is -2.32. The molecule has 1 saturated carbocycles. The third-order valence-corrected chi connectivity index (χ3v) is 5.30. The van der Waals surface area contributed by atoms with Crippen LogP contribution in [-0.2, 0) is 9.59 Å². The lowest BCUT2D eigenvalue weighted by atomic mass is 9.78. The number of nitrogens with zero attached hydrogens (tertiary/aromatic N) is 1. The molecule has 0 radical (unpaired) electrons. The van der Waals surface area contributed by atoms with Gasteiger partial charge in [0, 0.05) is 24.9 Å². The molecule has 2 fully saturated rings. The first-order valence-electron chi connectivity index (χ1n) is 8.48. The maximum absolute atomic E-state index is 12.9. The highest BCUT2D eigenvalue weighted by Crippen LogP contribution is 2.34. The molecule has 2 aliphatic rings. The molecule has 1 aliphatic carbocycles. The van der Waals surface area contributed by atoms with Crippen LogP contribution in [-0.4, -0.2) is 35.0 Å². The largest absolute Gasteiger partial charge is 0.342 e. The Balaban J connectivity index is 1.67. The second-order valence-electron chi connectivity index (χ2n) is 6.65. The average Bonchev–Trinajstić information content (AvgIpc) is 3.11. The molecule has 5 nitrogen and oxygen atoms in total. The van der Waals surface area contributed by atoms with Crippen molar-refractivity contribution in [3.8, 4) is 0 Å². The Kier molecular flexibility index (Phi) is 4.96. The summed E-state index contributed by atoms with van der Waals surface area (Å²) in [5, 5.41) is 8.92. The number of hydroxylamine groups is 1. The van der Waals surface area contributed by atoms with E-state index in [1.807, 2.05) is 23.1 Å². The van der Waals surface area contributed by atoms with Crippen molar-refractivity contribution in [2.45, 2.75) is 38.0 Å². The van der Waals surface area contributed by atoms with Crippen LogP contribution >= 0.6 is 0 Å². The van der Waals surface area contributed by atoms with Crippen LogP contribution in [0.15, 0.2) is 30.3 Å². The summed E-state index contributed by atoms with van der Waals surface area (Å²) in [5.74, 6) is -0.630. The lowest BCUT2D eigenvalue weighted by Crippen LogP contribution is -2.44. The minimum absolute atomic E-state index is 0.0803. The van der Waals surface area contributed by atoms with Crippen LogP contribution in [0.25, 0.3) is 0 Å². The van der Waals surface area contributed by atoms with E-state index in [0.29, 0.717) is 12.3 Å². The van der Waals surface area contributed by atoms with Gasteiger partial charge in [0.05, 0.1) is 5.92 Å². The van der Waals surface area contributed by atoms with Crippen molar-refractivity contribution in [1.82, 2.24) is 10.4 Å². The number of likely N-dealkylation sites (tertiary alicyclic amines) is 1. The molecule has 5 heteroatoms. The zero-order valence-electron chi connectivity index (χ0n) is 13.3.